The summed E-state index contributed by atoms with van der Waals surface area (Å²) < 4.78 is 37.9. The highest BCUT2D eigenvalue weighted by molar-refractivity contribution is 7.14. The van der Waals surface area contributed by atoms with E-state index in [2.05, 4.69) is 16.2 Å². The average Bonchev–Trinajstić information content (AvgIpc) is 2.98. The fraction of sp³-hybridized carbons (Fsp3) is 0.294. The van der Waals surface area contributed by atoms with Gasteiger partial charge in [0.15, 0.2) is 0 Å². The van der Waals surface area contributed by atoms with Gasteiger partial charge < -0.3 is 5.32 Å². The number of hydrazine groups is 1. The van der Waals surface area contributed by atoms with Crippen molar-refractivity contribution in [2.75, 3.05) is 0 Å². The number of hydrogen-bond acceptors (Lipinski definition) is 3. The van der Waals surface area contributed by atoms with Gasteiger partial charge in [-0.05, 0) is 42.7 Å². The van der Waals surface area contributed by atoms with Gasteiger partial charge in [0.25, 0.3) is 5.91 Å². The van der Waals surface area contributed by atoms with Crippen molar-refractivity contribution in [2.24, 2.45) is 0 Å². The zero-order valence-electron chi connectivity index (χ0n) is 14.2. The number of rotatable bonds is 4. The molecule has 9 heteroatoms. The van der Waals surface area contributed by atoms with Gasteiger partial charge in [-0.1, -0.05) is 19.1 Å². The maximum absolute atomic E-state index is 12.6. The molecule has 0 saturated heterocycles. The molecular formula is C17H18F3N3O2S. The molecule has 3 N–H and O–H groups in total. The highest BCUT2D eigenvalue weighted by Crippen LogP contribution is 2.29. The Labute approximate surface area is 152 Å². The van der Waals surface area contributed by atoms with Crippen LogP contribution < -0.4 is 16.2 Å². The molecule has 5 nitrogen and oxygen atoms in total. The van der Waals surface area contributed by atoms with Crippen LogP contribution in [0.15, 0.2) is 30.3 Å². The maximum Gasteiger partial charge on any atom is 0.416 e. The summed E-state index contributed by atoms with van der Waals surface area (Å²) in [6.07, 6.45) is -3.64. The highest BCUT2D eigenvalue weighted by Gasteiger charge is 2.30. The van der Waals surface area contributed by atoms with Crippen LogP contribution in [0.3, 0.4) is 0 Å². The maximum atomic E-state index is 12.6. The van der Waals surface area contributed by atoms with Crippen molar-refractivity contribution in [1.29, 1.82) is 0 Å². The summed E-state index contributed by atoms with van der Waals surface area (Å²) in [5.74, 6) is -0.452. The first-order valence-corrected chi connectivity index (χ1v) is 8.62. The Morgan fingerprint density at radius 3 is 2.50 bits per heavy atom. The van der Waals surface area contributed by atoms with Crippen molar-refractivity contribution in [2.45, 2.75) is 33.0 Å². The molecule has 0 fully saturated rings. The summed E-state index contributed by atoms with van der Waals surface area (Å²) >= 11 is 1.32. The lowest BCUT2D eigenvalue weighted by molar-refractivity contribution is -0.137. The normalized spacial score (nSPS) is 11.1. The SMILES string of the molecule is CCc1cc(C(=O)NNC(=O)NCc2cccc(C(F)(F)F)c2)sc1C. The van der Waals surface area contributed by atoms with Gasteiger partial charge in [0.1, 0.15) is 0 Å². The second-order valence-electron chi connectivity index (χ2n) is 5.51. The van der Waals surface area contributed by atoms with Gasteiger partial charge in [-0.2, -0.15) is 13.2 Å². The van der Waals surface area contributed by atoms with E-state index in [0.29, 0.717) is 10.4 Å². The van der Waals surface area contributed by atoms with E-state index in [4.69, 9.17) is 0 Å². The van der Waals surface area contributed by atoms with Crippen molar-refractivity contribution in [3.63, 3.8) is 0 Å². The Kier molecular flexibility index (Phi) is 6.25. The first kappa shape index (κ1) is 19.8. The predicted octanol–water partition coefficient (Wildman–Crippen LogP) is 3.78. The fourth-order valence-electron chi connectivity index (χ4n) is 2.24. The number of aryl methyl sites for hydroxylation is 2. The van der Waals surface area contributed by atoms with Gasteiger partial charge in [-0.25, -0.2) is 10.2 Å². The van der Waals surface area contributed by atoms with Gasteiger partial charge in [0.05, 0.1) is 10.4 Å². The zero-order chi connectivity index (χ0) is 19.3. The highest BCUT2D eigenvalue weighted by atomic mass is 32.1. The molecule has 0 aliphatic carbocycles. The van der Waals surface area contributed by atoms with Crippen LogP contribution in [0.25, 0.3) is 0 Å². The molecule has 0 aliphatic heterocycles. The molecule has 140 valence electrons. The van der Waals surface area contributed by atoms with Crippen LogP contribution in [0.1, 0.15) is 38.2 Å². The lowest BCUT2D eigenvalue weighted by Gasteiger charge is -2.10. The number of amides is 3. The predicted molar refractivity (Wildman–Crippen MR) is 92.7 cm³/mol. The minimum Gasteiger partial charge on any atom is -0.333 e. The first-order chi connectivity index (χ1) is 12.2. The summed E-state index contributed by atoms with van der Waals surface area (Å²) in [5.41, 5.74) is 5.01. The molecule has 0 atom stereocenters. The molecule has 26 heavy (non-hydrogen) atoms. The Hall–Kier alpha value is -2.55. The minimum absolute atomic E-state index is 0.107. The molecule has 0 aliphatic rings. The van der Waals surface area contributed by atoms with Crippen molar-refractivity contribution >= 4 is 23.3 Å². The topological polar surface area (TPSA) is 70.2 Å². The van der Waals surface area contributed by atoms with Crippen LogP contribution in [0.2, 0.25) is 0 Å². The van der Waals surface area contributed by atoms with E-state index in [-0.39, 0.29) is 6.54 Å². The number of carbonyl (C=O) groups excluding carboxylic acids is 2. The molecule has 1 aromatic carbocycles. The van der Waals surface area contributed by atoms with Gasteiger partial charge >= 0.3 is 12.2 Å². The number of halogens is 3. The number of hydrogen-bond donors (Lipinski definition) is 3. The zero-order valence-corrected chi connectivity index (χ0v) is 15.0. The van der Waals surface area contributed by atoms with E-state index < -0.39 is 23.7 Å². The molecule has 0 spiro atoms. The largest absolute Gasteiger partial charge is 0.416 e. The van der Waals surface area contributed by atoms with Gasteiger partial charge in [0.2, 0.25) is 0 Å². The van der Waals surface area contributed by atoms with Crippen molar-refractivity contribution < 1.29 is 22.8 Å². The summed E-state index contributed by atoms with van der Waals surface area (Å²) in [5, 5.41) is 2.38. The molecule has 0 unspecified atom stereocenters. The number of alkyl halides is 3. The molecule has 0 saturated carbocycles. The van der Waals surface area contributed by atoms with E-state index in [1.807, 2.05) is 13.8 Å². The van der Waals surface area contributed by atoms with Crippen LogP contribution in [-0.4, -0.2) is 11.9 Å². The fourth-order valence-corrected chi connectivity index (χ4v) is 3.25. The van der Waals surface area contributed by atoms with Crippen LogP contribution in [0, 0.1) is 6.92 Å². The monoisotopic (exact) mass is 385 g/mol. The quantitative estimate of drug-likeness (QED) is 0.701. The van der Waals surface area contributed by atoms with E-state index in [9.17, 15) is 22.8 Å². The Balaban J connectivity index is 1.84. The second kappa shape index (κ2) is 8.22. The van der Waals surface area contributed by atoms with Gasteiger partial charge in [0, 0.05) is 11.4 Å². The average molecular weight is 385 g/mol. The third-order valence-electron chi connectivity index (χ3n) is 3.62. The number of urea groups is 1. The van der Waals surface area contributed by atoms with Crippen LogP contribution in [-0.2, 0) is 19.1 Å². The van der Waals surface area contributed by atoms with Crippen molar-refractivity contribution in [3.05, 3.63) is 56.8 Å². The number of benzene rings is 1. The number of carbonyl (C=O) groups is 2. The number of nitrogens with one attached hydrogen (secondary N) is 3. The molecule has 1 aromatic heterocycles. The Morgan fingerprint density at radius 1 is 1.15 bits per heavy atom. The first-order valence-electron chi connectivity index (χ1n) is 7.80. The third kappa shape index (κ3) is 5.22. The number of thiophene rings is 1. The van der Waals surface area contributed by atoms with Crippen LogP contribution in [0.5, 0.6) is 0 Å². The molecule has 2 aromatic rings. The smallest absolute Gasteiger partial charge is 0.333 e. The van der Waals surface area contributed by atoms with Crippen molar-refractivity contribution in [1.82, 2.24) is 16.2 Å². The minimum atomic E-state index is -4.44. The third-order valence-corrected chi connectivity index (χ3v) is 4.71. The standard InChI is InChI=1S/C17H18F3N3O2S/c1-3-12-8-14(26-10(12)2)15(24)22-23-16(25)21-9-11-5-4-6-13(7-11)17(18,19)20/h4-8H,3,9H2,1-2H3,(H,22,24)(H2,21,23,25). The van der Waals surface area contributed by atoms with Crippen LogP contribution >= 0.6 is 11.3 Å². The molecule has 2 rings (SSSR count). The summed E-state index contributed by atoms with van der Waals surface area (Å²) in [6.45, 7) is 3.79. The lowest BCUT2D eigenvalue weighted by atomic mass is 10.1. The Morgan fingerprint density at radius 2 is 1.88 bits per heavy atom. The van der Waals surface area contributed by atoms with Crippen molar-refractivity contribution in [3.8, 4) is 0 Å². The molecule has 1 heterocycles. The van der Waals surface area contributed by atoms with E-state index >= 15 is 0 Å². The van der Waals surface area contributed by atoms with E-state index in [0.717, 1.165) is 29.0 Å². The Bertz CT molecular complexity index is 803. The lowest BCUT2D eigenvalue weighted by Crippen LogP contribution is -2.46. The molecule has 3 amide bonds. The van der Waals surface area contributed by atoms with Crippen LogP contribution in [0.4, 0.5) is 18.0 Å². The molecular weight excluding hydrogens is 367 g/mol. The second-order valence-corrected chi connectivity index (χ2v) is 6.76. The molecule has 0 radical (unpaired) electrons. The van der Waals surface area contributed by atoms with Gasteiger partial charge in [-0.3, -0.25) is 10.2 Å². The summed E-state index contributed by atoms with van der Waals surface area (Å²) in [7, 11) is 0. The summed E-state index contributed by atoms with van der Waals surface area (Å²) in [6, 6.07) is 5.69. The molecule has 0 bridgehead atoms. The summed E-state index contributed by atoms with van der Waals surface area (Å²) in [4.78, 5) is 25.2. The van der Waals surface area contributed by atoms with Gasteiger partial charge in [-0.15, -0.1) is 11.3 Å². The van der Waals surface area contributed by atoms with E-state index in [1.54, 1.807) is 6.07 Å². The van der Waals surface area contributed by atoms with E-state index in [1.165, 1.54) is 23.5 Å².